The highest BCUT2D eigenvalue weighted by Crippen LogP contribution is 2.03. The van der Waals surface area contributed by atoms with Gasteiger partial charge in [0.05, 0.1) is 19.8 Å². The zero-order valence-electron chi connectivity index (χ0n) is 9.27. The minimum absolute atomic E-state index is 0.0451. The fraction of sp³-hybridized carbons (Fsp3) is 0.800. The second kappa shape index (κ2) is 6.44. The molecule has 1 aliphatic heterocycles. The van der Waals surface area contributed by atoms with Gasteiger partial charge in [0.25, 0.3) is 5.91 Å². The smallest absolute Gasteiger partial charge is 0.303 e. The van der Waals surface area contributed by atoms with Crippen LogP contribution in [0.3, 0.4) is 0 Å². The first-order valence-corrected chi connectivity index (χ1v) is 5.31. The number of ether oxygens (including phenoxy) is 2. The molecule has 1 aliphatic rings. The largest absolute Gasteiger partial charge is 0.481 e. The zero-order valence-corrected chi connectivity index (χ0v) is 9.27. The van der Waals surface area contributed by atoms with Gasteiger partial charge in [-0.05, 0) is 13.3 Å². The summed E-state index contributed by atoms with van der Waals surface area (Å²) in [5.41, 5.74) is 0. The summed E-state index contributed by atoms with van der Waals surface area (Å²) in [6.07, 6.45) is -0.112. The van der Waals surface area contributed by atoms with Crippen molar-refractivity contribution in [2.75, 3.05) is 19.8 Å². The van der Waals surface area contributed by atoms with E-state index in [1.807, 2.05) is 0 Å². The molecule has 6 heteroatoms. The first kappa shape index (κ1) is 12.9. The number of nitrogens with one attached hydrogen (secondary N) is 1. The molecule has 92 valence electrons. The van der Waals surface area contributed by atoms with Gasteiger partial charge in [0.2, 0.25) is 0 Å². The molecule has 0 spiro atoms. The molecule has 0 aliphatic carbocycles. The predicted octanol–water partition coefficient (Wildman–Crippen LogP) is -0.229. The van der Waals surface area contributed by atoms with Gasteiger partial charge in [-0.25, -0.2) is 0 Å². The Morgan fingerprint density at radius 1 is 1.50 bits per heavy atom. The summed E-state index contributed by atoms with van der Waals surface area (Å²) in [5.74, 6) is -1.10. The lowest BCUT2D eigenvalue weighted by molar-refractivity contribution is -0.148. The van der Waals surface area contributed by atoms with Crippen molar-refractivity contribution in [1.29, 1.82) is 0 Å². The third-order valence-corrected chi connectivity index (χ3v) is 2.29. The molecule has 1 rings (SSSR count). The molecule has 2 unspecified atom stereocenters. The third-order valence-electron chi connectivity index (χ3n) is 2.29. The Hall–Kier alpha value is -1.14. The lowest BCUT2D eigenvalue weighted by Crippen LogP contribution is -2.45. The van der Waals surface area contributed by atoms with E-state index in [2.05, 4.69) is 5.32 Å². The van der Waals surface area contributed by atoms with Gasteiger partial charge >= 0.3 is 5.97 Å². The molecule has 6 nitrogen and oxygen atoms in total. The van der Waals surface area contributed by atoms with Gasteiger partial charge in [0.1, 0.15) is 0 Å². The third kappa shape index (κ3) is 4.59. The molecule has 0 aromatic rings. The van der Waals surface area contributed by atoms with Crippen LogP contribution in [0, 0.1) is 0 Å². The Bertz CT molecular complexity index is 250. The molecule has 0 aromatic carbocycles. The average molecular weight is 231 g/mol. The van der Waals surface area contributed by atoms with Crippen molar-refractivity contribution in [2.45, 2.75) is 31.9 Å². The van der Waals surface area contributed by atoms with Crippen molar-refractivity contribution in [1.82, 2.24) is 5.32 Å². The Morgan fingerprint density at radius 2 is 2.25 bits per heavy atom. The minimum atomic E-state index is -0.863. The van der Waals surface area contributed by atoms with Crippen LogP contribution in [0.1, 0.15) is 19.8 Å². The van der Waals surface area contributed by atoms with E-state index in [0.29, 0.717) is 19.6 Å². The van der Waals surface area contributed by atoms with Gasteiger partial charge in [0.15, 0.2) is 6.10 Å². The van der Waals surface area contributed by atoms with Crippen molar-refractivity contribution in [3.8, 4) is 0 Å². The van der Waals surface area contributed by atoms with Crippen molar-refractivity contribution in [2.24, 2.45) is 0 Å². The maximum atomic E-state index is 11.6. The minimum Gasteiger partial charge on any atom is -0.481 e. The molecular weight excluding hydrogens is 214 g/mol. The van der Waals surface area contributed by atoms with Crippen LogP contribution in [0.4, 0.5) is 0 Å². The maximum Gasteiger partial charge on any atom is 0.303 e. The molecule has 2 atom stereocenters. The molecular formula is C10H17NO5. The van der Waals surface area contributed by atoms with E-state index in [9.17, 15) is 9.59 Å². The number of amides is 1. The molecule has 1 saturated heterocycles. The van der Waals surface area contributed by atoms with Crippen LogP contribution in [0.5, 0.6) is 0 Å². The van der Waals surface area contributed by atoms with Crippen molar-refractivity contribution < 1.29 is 24.2 Å². The topological polar surface area (TPSA) is 84.9 Å². The Kier molecular flexibility index (Phi) is 5.21. The van der Waals surface area contributed by atoms with Crippen molar-refractivity contribution >= 4 is 11.9 Å². The van der Waals surface area contributed by atoms with Gasteiger partial charge in [-0.2, -0.15) is 0 Å². The molecule has 1 heterocycles. The van der Waals surface area contributed by atoms with Gasteiger partial charge in [-0.3, -0.25) is 9.59 Å². The van der Waals surface area contributed by atoms with E-state index in [-0.39, 0.29) is 25.0 Å². The lowest BCUT2D eigenvalue weighted by atomic mass is 10.1. The normalized spacial score (nSPS) is 22.4. The van der Waals surface area contributed by atoms with E-state index in [4.69, 9.17) is 14.6 Å². The Labute approximate surface area is 93.9 Å². The van der Waals surface area contributed by atoms with E-state index >= 15 is 0 Å². The number of carbonyl (C=O) groups excluding carboxylic acids is 1. The van der Waals surface area contributed by atoms with Crippen LogP contribution in [-0.2, 0) is 19.1 Å². The summed E-state index contributed by atoms with van der Waals surface area (Å²) in [7, 11) is 0. The molecule has 1 fully saturated rings. The van der Waals surface area contributed by atoms with E-state index < -0.39 is 12.1 Å². The standard InChI is InChI=1S/C10H17NO5/c1-7(2-3-9(12)13)11-10(14)8-6-15-4-5-16-8/h7-8H,2-6H2,1H3,(H,11,14)(H,12,13). The van der Waals surface area contributed by atoms with Crippen molar-refractivity contribution in [3.63, 3.8) is 0 Å². The fourth-order valence-electron chi connectivity index (χ4n) is 1.39. The number of carboxylic acids is 1. The highest BCUT2D eigenvalue weighted by molar-refractivity contribution is 5.81. The van der Waals surface area contributed by atoms with Crippen molar-refractivity contribution in [3.05, 3.63) is 0 Å². The first-order chi connectivity index (χ1) is 7.59. The highest BCUT2D eigenvalue weighted by Gasteiger charge is 2.23. The number of carbonyl (C=O) groups is 2. The summed E-state index contributed by atoms with van der Waals surface area (Å²) in [6, 6.07) is -0.172. The number of hydrogen-bond donors (Lipinski definition) is 2. The monoisotopic (exact) mass is 231 g/mol. The van der Waals surface area contributed by atoms with Crippen LogP contribution in [0.15, 0.2) is 0 Å². The van der Waals surface area contributed by atoms with Gasteiger partial charge in [-0.1, -0.05) is 0 Å². The van der Waals surface area contributed by atoms with Gasteiger partial charge in [-0.15, -0.1) is 0 Å². The van der Waals surface area contributed by atoms with Gasteiger partial charge < -0.3 is 19.9 Å². The van der Waals surface area contributed by atoms with E-state index in [0.717, 1.165) is 0 Å². The number of aliphatic carboxylic acids is 1. The molecule has 0 aromatic heterocycles. The average Bonchev–Trinajstić information content (AvgIpc) is 2.27. The van der Waals surface area contributed by atoms with Crippen LogP contribution in [0.2, 0.25) is 0 Å². The lowest BCUT2D eigenvalue weighted by Gasteiger charge is -2.23. The first-order valence-electron chi connectivity index (χ1n) is 5.31. The maximum absolute atomic E-state index is 11.6. The summed E-state index contributed by atoms with van der Waals surface area (Å²) < 4.78 is 10.3. The predicted molar refractivity (Wildman–Crippen MR) is 55.0 cm³/mol. The molecule has 2 N–H and O–H groups in total. The highest BCUT2D eigenvalue weighted by atomic mass is 16.6. The van der Waals surface area contributed by atoms with Crippen LogP contribution < -0.4 is 5.32 Å². The Balaban J connectivity index is 2.23. The summed E-state index contributed by atoms with van der Waals surface area (Å²) >= 11 is 0. The molecule has 16 heavy (non-hydrogen) atoms. The quantitative estimate of drug-likeness (QED) is 0.682. The SMILES string of the molecule is CC(CCC(=O)O)NC(=O)C1COCCO1. The zero-order chi connectivity index (χ0) is 12.0. The van der Waals surface area contributed by atoms with Crippen LogP contribution >= 0.6 is 0 Å². The van der Waals surface area contributed by atoms with Gasteiger partial charge in [0, 0.05) is 12.5 Å². The molecule has 0 radical (unpaired) electrons. The second-order valence-corrected chi connectivity index (χ2v) is 3.78. The summed E-state index contributed by atoms with van der Waals surface area (Å²) in [4.78, 5) is 21.9. The summed E-state index contributed by atoms with van der Waals surface area (Å²) in [6.45, 7) is 2.96. The van der Waals surface area contributed by atoms with Crippen LogP contribution in [0.25, 0.3) is 0 Å². The van der Waals surface area contributed by atoms with E-state index in [1.165, 1.54) is 0 Å². The molecule has 1 amide bonds. The second-order valence-electron chi connectivity index (χ2n) is 3.78. The molecule has 0 saturated carbocycles. The number of hydrogen-bond acceptors (Lipinski definition) is 4. The van der Waals surface area contributed by atoms with E-state index in [1.54, 1.807) is 6.92 Å². The summed E-state index contributed by atoms with van der Waals surface area (Å²) in [5, 5.41) is 11.2. The number of carboxylic acid groups (broad SMARTS) is 1. The molecule has 0 bridgehead atoms. The fourth-order valence-corrected chi connectivity index (χ4v) is 1.39. The Morgan fingerprint density at radius 3 is 2.81 bits per heavy atom. The number of rotatable bonds is 5. The van der Waals surface area contributed by atoms with Crippen LogP contribution in [-0.4, -0.2) is 48.9 Å².